The molecule has 0 aliphatic heterocycles. The Morgan fingerprint density at radius 2 is 1.46 bits per heavy atom. The van der Waals surface area contributed by atoms with Gasteiger partial charge in [-0.25, -0.2) is 15.0 Å². The van der Waals surface area contributed by atoms with Gasteiger partial charge in [-0.05, 0) is 31.4 Å². The van der Waals surface area contributed by atoms with Gasteiger partial charge in [0.1, 0.15) is 11.6 Å². The molecule has 24 heavy (non-hydrogen) atoms. The Morgan fingerprint density at radius 3 is 2.29 bits per heavy atom. The van der Waals surface area contributed by atoms with Crippen LogP contribution in [0.25, 0.3) is 33.4 Å². The van der Waals surface area contributed by atoms with Crippen LogP contribution in [0.5, 0.6) is 0 Å². The summed E-state index contributed by atoms with van der Waals surface area (Å²) >= 11 is 0. The summed E-state index contributed by atoms with van der Waals surface area (Å²) in [6.07, 6.45) is 1.85. The smallest absolute Gasteiger partial charge is 0.163 e. The average Bonchev–Trinajstić information content (AvgIpc) is 2.60. The van der Waals surface area contributed by atoms with Crippen molar-refractivity contribution < 1.29 is 0 Å². The maximum atomic E-state index is 4.59. The monoisotopic (exact) mass is 312 g/mol. The summed E-state index contributed by atoms with van der Waals surface area (Å²) in [6.45, 7) is 3.77. The third-order valence-electron chi connectivity index (χ3n) is 3.93. The number of rotatable bonds is 2. The predicted octanol–water partition coefficient (Wildman–Crippen LogP) is 4.37. The van der Waals surface area contributed by atoms with Crippen LogP contribution in [0.4, 0.5) is 0 Å². The van der Waals surface area contributed by atoms with E-state index in [9.17, 15) is 0 Å². The largest absolute Gasteiger partial charge is 0.256 e. The van der Waals surface area contributed by atoms with Crippen LogP contribution in [0, 0.1) is 13.8 Å². The molecule has 0 N–H and O–H groups in total. The minimum absolute atomic E-state index is 0.696. The summed E-state index contributed by atoms with van der Waals surface area (Å²) in [5, 5.41) is 2.32. The lowest BCUT2D eigenvalue weighted by Crippen LogP contribution is -1.99. The highest BCUT2D eigenvalue weighted by atomic mass is 15.0. The zero-order valence-corrected chi connectivity index (χ0v) is 13.6. The van der Waals surface area contributed by atoms with E-state index in [0.717, 1.165) is 33.9 Å². The first-order valence-corrected chi connectivity index (χ1v) is 7.84. The summed E-state index contributed by atoms with van der Waals surface area (Å²) in [7, 11) is 0. The fraction of sp³-hybridized carbons (Fsp3) is 0.100. The Bertz CT molecular complexity index is 1010. The van der Waals surface area contributed by atoms with Crippen LogP contribution in [-0.2, 0) is 0 Å². The molecule has 0 amide bonds. The van der Waals surface area contributed by atoms with Gasteiger partial charge in [-0.2, -0.15) is 0 Å². The SMILES string of the molecule is Cc1nc(C)nc(-c2cccc(-c3nccc4ccccc34)c2)n1. The van der Waals surface area contributed by atoms with Gasteiger partial charge in [-0.1, -0.05) is 42.5 Å². The molecule has 4 rings (SSSR count). The molecule has 0 unspecified atom stereocenters. The van der Waals surface area contributed by atoms with Gasteiger partial charge in [0, 0.05) is 22.7 Å². The molecule has 2 aromatic heterocycles. The predicted molar refractivity (Wildman–Crippen MR) is 95.5 cm³/mol. The summed E-state index contributed by atoms with van der Waals surface area (Å²) in [6, 6.07) is 18.5. The highest BCUT2D eigenvalue weighted by Crippen LogP contribution is 2.28. The first-order valence-electron chi connectivity index (χ1n) is 7.84. The molecule has 4 aromatic rings. The molecule has 0 bridgehead atoms. The van der Waals surface area contributed by atoms with Crippen molar-refractivity contribution in [1.82, 2.24) is 19.9 Å². The van der Waals surface area contributed by atoms with Crippen LogP contribution < -0.4 is 0 Å². The molecular formula is C20H16N4. The van der Waals surface area contributed by atoms with Crippen molar-refractivity contribution in [2.75, 3.05) is 0 Å². The molecule has 0 aliphatic carbocycles. The summed E-state index contributed by atoms with van der Waals surface area (Å²) in [4.78, 5) is 17.8. The normalized spacial score (nSPS) is 10.9. The number of aryl methyl sites for hydroxylation is 2. The van der Waals surface area contributed by atoms with Crippen LogP contribution in [0.1, 0.15) is 11.6 Å². The summed E-state index contributed by atoms with van der Waals surface area (Å²) in [5.74, 6) is 2.15. The van der Waals surface area contributed by atoms with E-state index in [2.05, 4.69) is 44.2 Å². The Kier molecular flexibility index (Phi) is 3.50. The van der Waals surface area contributed by atoms with Crippen molar-refractivity contribution >= 4 is 10.8 Å². The molecular weight excluding hydrogens is 296 g/mol. The highest BCUT2D eigenvalue weighted by molar-refractivity contribution is 5.94. The van der Waals surface area contributed by atoms with E-state index in [1.807, 2.05) is 50.4 Å². The fourth-order valence-electron chi connectivity index (χ4n) is 2.90. The zero-order chi connectivity index (χ0) is 16.5. The minimum Gasteiger partial charge on any atom is -0.256 e. The zero-order valence-electron chi connectivity index (χ0n) is 13.6. The lowest BCUT2D eigenvalue weighted by molar-refractivity contribution is 0.928. The van der Waals surface area contributed by atoms with Crippen LogP contribution in [0.3, 0.4) is 0 Å². The number of benzene rings is 2. The third-order valence-corrected chi connectivity index (χ3v) is 3.93. The van der Waals surface area contributed by atoms with Crippen LogP contribution >= 0.6 is 0 Å². The minimum atomic E-state index is 0.696. The van der Waals surface area contributed by atoms with E-state index in [1.54, 1.807) is 0 Å². The Balaban J connectivity index is 1.88. The molecule has 4 heteroatoms. The first kappa shape index (κ1) is 14.5. The number of aromatic nitrogens is 4. The number of nitrogens with zero attached hydrogens (tertiary/aromatic N) is 4. The van der Waals surface area contributed by atoms with Crippen molar-refractivity contribution in [3.05, 3.63) is 72.4 Å². The Morgan fingerprint density at radius 1 is 0.708 bits per heavy atom. The molecule has 0 aliphatic rings. The van der Waals surface area contributed by atoms with Crippen LogP contribution in [-0.4, -0.2) is 19.9 Å². The highest BCUT2D eigenvalue weighted by Gasteiger charge is 2.09. The van der Waals surface area contributed by atoms with E-state index >= 15 is 0 Å². The Hall–Kier alpha value is -3.14. The molecule has 2 aromatic carbocycles. The van der Waals surface area contributed by atoms with Crippen LogP contribution in [0.15, 0.2) is 60.8 Å². The van der Waals surface area contributed by atoms with Gasteiger partial charge < -0.3 is 0 Å². The molecule has 0 fully saturated rings. The molecule has 2 heterocycles. The second kappa shape index (κ2) is 5.81. The second-order valence-corrected chi connectivity index (χ2v) is 5.71. The number of fused-ring (bicyclic) bond motifs is 1. The number of pyridine rings is 1. The summed E-state index contributed by atoms with van der Waals surface area (Å²) < 4.78 is 0. The van der Waals surface area contributed by atoms with Gasteiger partial charge in [-0.15, -0.1) is 0 Å². The van der Waals surface area contributed by atoms with Crippen molar-refractivity contribution in [3.63, 3.8) is 0 Å². The van der Waals surface area contributed by atoms with E-state index in [-0.39, 0.29) is 0 Å². The van der Waals surface area contributed by atoms with Crippen molar-refractivity contribution in [2.45, 2.75) is 13.8 Å². The standard InChI is InChI=1S/C20H16N4/c1-13-22-14(2)24-20(23-13)17-8-5-7-16(12-17)19-18-9-4-3-6-15(18)10-11-21-19/h3-12H,1-2H3. The van der Waals surface area contributed by atoms with E-state index < -0.39 is 0 Å². The van der Waals surface area contributed by atoms with Gasteiger partial charge in [0.25, 0.3) is 0 Å². The third kappa shape index (κ3) is 2.63. The number of hydrogen-bond acceptors (Lipinski definition) is 4. The molecule has 116 valence electrons. The quantitative estimate of drug-likeness (QED) is 0.551. The van der Waals surface area contributed by atoms with Crippen molar-refractivity contribution in [1.29, 1.82) is 0 Å². The lowest BCUT2D eigenvalue weighted by atomic mass is 10.0. The first-order chi connectivity index (χ1) is 11.7. The molecule has 0 radical (unpaired) electrons. The van der Waals surface area contributed by atoms with E-state index in [4.69, 9.17) is 0 Å². The maximum absolute atomic E-state index is 4.59. The molecule has 0 saturated carbocycles. The molecule has 0 spiro atoms. The molecule has 4 nitrogen and oxygen atoms in total. The molecule has 0 saturated heterocycles. The van der Waals surface area contributed by atoms with Gasteiger partial charge in [-0.3, -0.25) is 4.98 Å². The van der Waals surface area contributed by atoms with Crippen LogP contribution in [0.2, 0.25) is 0 Å². The topological polar surface area (TPSA) is 51.6 Å². The lowest BCUT2D eigenvalue weighted by Gasteiger charge is -2.08. The van der Waals surface area contributed by atoms with Gasteiger partial charge in [0.05, 0.1) is 5.69 Å². The fourth-order valence-corrected chi connectivity index (χ4v) is 2.90. The Labute approximate surface area is 140 Å². The van der Waals surface area contributed by atoms with Gasteiger partial charge in [0.15, 0.2) is 5.82 Å². The average molecular weight is 312 g/mol. The van der Waals surface area contributed by atoms with E-state index in [1.165, 1.54) is 5.39 Å². The van der Waals surface area contributed by atoms with Crippen molar-refractivity contribution in [2.24, 2.45) is 0 Å². The van der Waals surface area contributed by atoms with Gasteiger partial charge in [0.2, 0.25) is 0 Å². The van der Waals surface area contributed by atoms with E-state index in [0.29, 0.717) is 5.82 Å². The molecule has 0 atom stereocenters. The number of hydrogen-bond donors (Lipinski definition) is 0. The van der Waals surface area contributed by atoms with Gasteiger partial charge >= 0.3 is 0 Å². The maximum Gasteiger partial charge on any atom is 0.163 e. The van der Waals surface area contributed by atoms with Crippen molar-refractivity contribution in [3.8, 4) is 22.6 Å². The summed E-state index contributed by atoms with van der Waals surface area (Å²) in [5.41, 5.74) is 2.99. The second-order valence-electron chi connectivity index (χ2n) is 5.71.